The Bertz CT molecular complexity index is 108. The van der Waals surface area contributed by atoms with E-state index < -0.39 is 0 Å². The first-order chi connectivity index (χ1) is 4.83. The zero-order valence-corrected chi connectivity index (χ0v) is 6.12. The minimum absolute atomic E-state index is 0.577. The molecule has 1 fully saturated rings. The predicted molar refractivity (Wildman–Crippen MR) is 39.4 cm³/mol. The zero-order chi connectivity index (χ0) is 7.40. The van der Waals surface area contributed by atoms with Crippen molar-refractivity contribution >= 4 is 6.29 Å². The number of carbonyl (C=O) groups is 1. The second kappa shape index (κ2) is 3.68. The molecule has 0 spiro atoms. The van der Waals surface area contributed by atoms with Crippen molar-refractivity contribution < 1.29 is 4.79 Å². The van der Waals surface area contributed by atoms with Crippen molar-refractivity contribution in [1.29, 1.82) is 0 Å². The lowest BCUT2D eigenvalue weighted by Crippen LogP contribution is -2.44. The third-order valence-electron chi connectivity index (χ3n) is 1.80. The van der Waals surface area contributed by atoms with Gasteiger partial charge in [0.1, 0.15) is 6.29 Å². The highest BCUT2D eigenvalue weighted by molar-refractivity contribution is 5.51. The zero-order valence-electron chi connectivity index (χ0n) is 6.12. The van der Waals surface area contributed by atoms with Gasteiger partial charge in [-0.3, -0.25) is 9.80 Å². The van der Waals surface area contributed by atoms with Gasteiger partial charge in [0.15, 0.2) is 0 Å². The lowest BCUT2D eigenvalue weighted by atomic mass is 10.3. The fourth-order valence-electron chi connectivity index (χ4n) is 1.08. The van der Waals surface area contributed by atoms with Gasteiger partial charge in [0, 0.05) is 33.2 Å². The first-order valence-electron chi connectivity index (χ1n) is 3.54. The van der Waals surface area contributed by atoms with Gasteiger partial charge in [0.25, 0.3) is 0 Å². The molecular weight excluding hydrogens is 128 g/mol. The Labute approximate surface area is 61.6 Å². The van der Waals surface area contributed by atoms with Crippen LogP contribution in [0.4, 0.5) is 0 Å². The van der Waals surface area contributed by atoms with E-state index >= 15 is 0 Å². The van der Waals surface area contributed by atoms with E-state index in [1.54, 1.807) is 0 Å². The SMILES string of the molecule is [CH2]N1CCN(CC=O)CC1. The number of carbonyl (C=O) groups excluding carboxylic acids is 1. The van der Waals surface area contributed by atoms with E-state index in [-0.39, 0.29) is 0 Å². The van der Waals surface area contributed by atoms with Crippen molar-refractivity contribution in [2.75, 3.05) is 32.7 Å². The first kappa shape index (κ1) is 7.69. The van der Waals surface area contributed by atoms with Gasteiger partial charge in [-0.05, 0) is 0 Å². The van der Waals surface area contributed by atoms with E-state index in [1.807, 2.05) is 4.90 Å². The summed E-state index contributed by atoms with van der Waals surface area (Å²) >= 11 is 0. The summed E-state index contributed by atoms with van der Waals surface area (Å²) < 4.78 is 0. The number of hydrogen-bond acceptors (Lipinski definition) is 3. The van der Waals surface area contributed by atoms with Crippen molar-refractivity contribution in [1.82, 2.24) is 9.80 Å². The second-order valence-corrected chi connectivity index (χ2v) is 2.59. The molecule has 0 aromatic carbocycles. The van der Waals surface area contributed by atoms with Crippen molar-refractivity contribution in [3.63, 3.8) is 0 Å². The summed E-state index contributed by atoms with van der Waals surface area (Å²) in [6, 6.07) is 0. The molecule has 1 radical (unpaired) electrons. The molecule has 1 saturated heterocycles. The highest BCUT2D eigenvalue weighted by Crippen LogP contribution is 1.97. The minimum Gasteiger partial charge on any atom is -0.302 e. The van der Waals surface area contributed by atoms with Gasteiger partial charge in [-0.25, -0.2) is 0 Å². The Kier molecular flexibility index (Phi) is 2.83. The summed E-state index contributed by atoms with van der Waals surface area (Å²) in [5.74, 6) is 0. The van der Waals surface area contributed by atoms with Crippen LogP contribution in [0.25, 0.3) is 0 Å². The Hall–Kier alpha value is -0.410. The molecule has 0 saturated carbocycles. The lowest BCUT2D eigenvalue weighted by Gasteiger charge is -2.30. The molecular formula is C7H13N2O. The number of aldehydes is 1. The maximum Gasteiger partial charge on any atom is 0.133 e. The second-order valence-electron chi connectivity index (χ2n) is 2.59. The molecule has 0 aliphatic carbocycles. The Morgan fingerprint density at radius 3 is 2.40 bits per heavy atom. The maximum atomic E-state index is 10.1. The van der Waals surface area contributed by atoms with E-state index in [4.69, 9.17) is 0 Å². The van der Waals surface area contributed by atoms with Crippen LogP contribution in [0.3, 0.4) is 0 Å². The molecule has 1 aliphatic heterocycles. The van der Waals surface area contributed by atoms with Crippen molar-refractivity contribution in [3.8, 4) is 0 Å². The molecule has 0 bridgehead atoms. The van der Waals surface area contributed by atoms with Gasteiger partial charge in [0.05, 0.1) is 6.54 Å². The van der Waals surface area contributed by atoms with Crippen LogP contribution in [-0.2, 0) is 4.79 Å². The van der Waals surface area contributed by atoms with Crippen LogP contribution >= 0.6 is 0 Å². The third-order valence-corrected chi connectivity index (χ3v) is 1.80. The third kappa shape index (κ3) is 2.08. The molecule has 1 rings (SSSR count). The summed E-state index contributed by atoms with van der Waals surface area (Å²) in [5, 5.41) is 0. The molecule has 0 N–H and O–H groups in total. The topological polar surface area (TPSA) is 23.6 Å². The number of hydrogen-bond donors (Lipinski definition) is 0. The van der Waals surface area contributed by atoms with Gasteiger partial charge in [-0.15, -0.1) is 0 Å². The molecule has 0 amide bonds. The van der Waals surface area contributed by atoms with E-state index in [0.29, 0.717) is 6.54 Å². The highest BCUT2D eigenvalue weighted by Gasteiger charge is 2.11. The largest absolute Gasteiger partial charge is 0.302 e. The molecule has 0 aromatic heterocycles. The molecule has 3 nitrogen and oxygen atoms in total. The molecule has 0 unspecified atom stereocenters. The first-order valence-corrected chi connectivity index (χ1v) is 3.54. The van der Waals surface area contributed by atoms with E-state index in [0.717, 1.165) is 32.5 Å². The van der Waals surface area contributed by atoms with Gasteiger partial charge in [-0.1, -0.05) is 0 Å². The predicted octanol–water partition coefficient (Wildman–Crippen LogP) is -0.406. The van der Waals surface area contributed by atoms with Crippen molar-refractivity contribution in [2.24, 2.45) is 0 Å². The average Bonchev–Trinajstić information content (AvgIpc) is 1.95. The lowest BCUT2D eigenvalue weighted by molar-refractivity contribution is -0.109. The number of nitrogens with zero attached hydrogens (tertiary/aromatic N) is 2. The summed E-state index contributed by atoms with van der Waals surface area (Å²) in [6.45, 7) is 4.49. The Morgan fingerprint density at radius 1 is 1.30 bits per heavy atom. The van der Waals surface area contributed by atoms with Crippen molar-refractivity contribution in [3.05, 3.63) is 7.05 Å². The Morgan fingerprint density at radius 2 is 1.90 bits per heavy atom. The molecule has 3 heteroatoms. The summed E-state index contributed by atoms with van der Waals surface area (Å²) in [6.07, 6.45) is 0.957. The number of rotatable bonds is 2. The normalized spacial score (nSPS) is 22.9. The molecule has 1 aliphatic rings. The van der Waals surface area contributed by atoms with Gasteiger partial charge in [-0.2, -0.15) is 0 Å². The van der Waals surface area contributed by atoms with Crippen LogP contribution in [-0.4, -0.2) is 48.8 Å². The fraction of sp³-hybridized carbons (Fsp3) is 0.714. The van der Waals surface area contributed by atoms with Crippen LogP contribution < -0.4 is 0 Å². The van der Waals surface area contributed by atoms with Crippen molar-refractivity contribution in [2.45, 2.75) is 0 Å². The maximum absolute atomic E-state index is 10.1. The van der Waals surface area contributed by atoms with Crippen LogP contribution in [0.1, 0.15) is 0 Å². The summed E-state index contributed by atoms with van der Waals surface area (Å²) in [5.41, 5.74) is 0. The molecule has 57 valence electrons. The van der Waals surface area contributed by atoms with Crippen LogP contribution in [0.5, 0.6) is 0 Å². The molecule has 10 heavy (non-hydrogen) atoms. The Balaban J connectivity index is 2.19. The fourth-order valence-corrected chi connectivity index (χ4v) is 1.08. The van der Waals surface area contributed by atoms with E-state index in [9.17, 15) is 4.79 Å². The molecule has 0 aromatic rings. The van der Waals surface area contributed by atoms with E-state index in [1.165, 1.54) is 0 Å². The smallest absolute Gasteiger partial charge is 0.133 e. The summed E-state index contributed by atoms with van der Waals surface area (Å²) in [7, 11) is 3.81. The minimum atomic E-state index is 0.577. The number of piperazine rings is 1. The molecule has 1 heterocycles. The molecule has 0 atom stereocenters. The van der Waals surface area contributed by atoms with Gasteiger partial charge in [0.2, 0.25) is 0 Å². The standard InChI is InChI=1S/C7H13N2O/c1-8-2-4-9(5-3-8)6-7-10/h7H,1-6H2. The van der Waals surface area contributed by atoms with E-state index in [2.05, 4.69) is 11.9 Å². The monoisotopic (exact) mass is 141 g/mol. The van der Waals surface area contributed by atoms with Gasteiger partial charge >= 0.3 is 0 Å². The van der Waals surface area contributed by atoms with Crippen LogP contribution in [0.2, 0.25) is 0 Å². The van der Waals surface area contributed by atoms with Crippen LogP contribution in [0.15, 0.2) is 0 Å². The van der Waals surface area contributed by atoms with Gasteiger partial charge < -0.3 is 4.79 Å². The van der Waals surface area contributed by atoms with Crippen LogP contribution in [0, 0.1) is 7.05 Å². The average molecular weight is 141 g/mol. The highest BCUT2D eigenvalue weighted by atomic mass is 16.1. The summed E-state index contributed by atoms with van der Waals surface area (Å²) in [4.78, 5) is 14.2. The quantitative estimate of drug-likeness (QED) is 0.489.